The Balaban J connectivity index is 1.17. The number of furan rings is 1. The number of ether oxygens (including phenoxy) is 1. The molecule has 0 aliphatic carbocycles. The number of nitrogens with zero attached hydrogens (tertiary/aromatic N) is 4. The molecule has 1 fully saturated rings. The molecule has 13 heteroatoms. The number of fused-ring (bicyclic) bond motifs is 2. The van der Waals surface area contributed by atoms with Gasteiger partial charge in [-0.2, -0.15) is 5.10 Å². The first-order valence-electron chi connectivity index (χ1n) is 12.8. The van der Waals surface area contributed by atoms with Crippen LogP contribution in [0, 0.1) is 0 Å². The summed E-state index contributed by atoms with van der Waals surface area (Å²) in [6.45, 7) is 0.216. The summed E-state index contributed by atoms with van der Waals surface area (Å²) < 4.78 is 11.4. The van der Waals surface area contributed by atoms with Crippen molar-refractivity contribution in [2.75, 3.05) is 19.0 Å². The van der Waals surface area contributed by atoms with Crippen LogP contribution in [0.15, 0.2) is 71.5 Å². The van der Waals surface area contributed by atoms with Gasteiger partial charge < -0.3 is 29.8 Å². The quantitative estimate of drug-likeness (QED) is 0.202. The molecule has 1 aromatic carbocycles. The van der Waals surface area contributed by atoms with Crippen molar-refractivity contribution in [3.63, 3.8) is 0 Å². The number of hydrogen-bond donors (Lipinski definition) is 5. The van der Waals surface area contributed by atoms with Gasteiger partial charge in [-0.05, 0) is 42.0 Å². The SMILES string of the molecule is COc1ccc2c(c1)C(=O)N(CC1(c3cc4nc(Nc5ccc(-c6cn[nH]c6)cn5)ccc4o3)NC(O)NC1=O)C2. The van der Waals surface area contributed by atoms with Crippen molar-refractivity contribution in [2.24, 2.45) is 0 Å². The molecule has 5 aromatic rings. The van der Waals surface area contributed by atoms with Gasteiger partial charge in [0.05, 0.1) is 19.9 Å². The fourth-order valence-electron chi connectivity index (χ4n) is 5.22. The van der Waals surface area contributed by atoms with E-state index in [4.69, 9.17) is 9.15 Å². The molecule has 0 saturated carbocycles. The zero-order chi connectivity index (χ0) is 28.1. The highest BCUT2D eigenvalue weighted by molar-refractivity contribution is 6.00. The predicted molar refractivity (Wildman–Crippen MR) is 146 cm³/mol. The maximum Gasteiger partial charge on any atom is 0.254 e. The summed E-state index contributed by atoms with van der Waals surface area (Å²) in [7, 11) is 1.54. The van der Waals surface area contributed by atoms with E-state index in [0.29, 0.717) is 40.6 Å². The normalized spacial score (nSPS) is 20.0. The first kappa shape index (κ1) is 24.7. The van der Waals surface area contributed by atoms with E-state index in [1.165, 1.54) is 7.11 Å². The number of pyridine rings is 2. The molecule has 7 rings (SSSR count). The zero-order valence-electron chi connectivity index (χ0n) is 21.7. The fraction of sp³-hybridized carbons (Fsp3) is 0.179. The Morgan fingerprint density at radius 1 is 1.12 bits per heavy atom. The van der Waals surface area contributed by atoms with Gasteiger partial charge in [0.2, 0.25) is 0 Å². The summed E-state index contributed by atoms with van der Waals surface area (Å²) >= 11 is 0. The fourth-order valence-corrected chi connectivity index (χ4v) is 5.22. The van der Waals surface area contributed by atoms with Crippen molar-refractivity contribution in [1.29, 1.82) is 0 Å². The lowest BCUT2D eigenvalue weighted by Gasteiger charge is -2.29. The van der Waals surface area contributed by atoms with Crippen LogP contribution >= 0.6 is 0 Å². The molecule has 0 bridgehead atoms. The van der Waals surface area contributed by atoms with Crippen molar-refractivity contribution in [3.05, 3.63) is 84.0 Å². The number of H-pyrrole nitrogens is 1. The minimum absolute atomic E-state index is 0.0798. The Hall–Kier alpha value is -5.27. The maximum absolute atomic E-state index is 13.3. The average Bonchev–Trinajstić information content (AvgIpc) is 3.76. The number of hydrogen-bond acceptors (Lipinski definition) is 10. The molecule has 2 aliphatic heterocycles. The molecule has 13 nitrogen and oxygen atoms in total. The molecule has 41 heavy (non-hydrogen) atoms. The summed E-state index contributed by atoms with van der Waals surface area (Å²) in [5, 5.41) is 25.6. The first-order chi connectivity index (χ1) is 19.9. The lowest BCUT2D eigenvalue weighted by Crippen LogP contribution is -2.53. The van der Waals surface area contributed by atoms with Gasteiger partial charge in [0, 0.05) is 41.7 Å². The number of aromatic nitrogens is 4. The van der Waals surface area contributed by atoms with Gasteiger partial charge >= 0.3 is 0 Å². The van der Waals surface area contributed by atoms with E-state index in [1.54, 1.807) is 53.8 Å². The van der Waals surface area contributed by atoms with Crippen molar-refractivity contribution >= 4 is 34.5 Å². The summed E-state index contributed by atoms with van der Waals surface area (Å²) in [5.41, 5.74) is 2.55. The van der Waals surface area contributed by atoms with Gasteiger partial charge in [-0.3, -0.25) is 20.0 Å². The van der Waals surface area contributed by atoms with E-state index < -0.39 is 17.8 Å². The number of aliphatic hydroxyl groups excluding tert-OH is 1. The van der Waals surface area contributed by atoms with Crippen LogP contribution in [0.1, 0.15) is 21.7 Å². The topological polar surface area (TPSA) is 171 Å². The molecular formula is C28H24N8O5. The van der Waals surface area contributed by atoms with E-state index in [1.807, 2.05) is 18.2 Å². The number of amides is 2. The summed E-state index contributed by atoms with van der Waals surface area (Å²) in [6, 6.07) is 14.1. The second-order valence-electron chi connectivity index (χ2n) is 9.84. The van der Waals surface area contributed by atoms with Crippen LogP contribution < -0.4 is 20.7 Å². The monoisotopic (exact) mass is 552 g/mol. The molecule has 6 heterocycles. The van der Waals surface area contributed by atoms with Crippen LogP contribution in [0.2, 0.25) is 0 Å². The Bertz CT molecular complexity index is 1790. The van der Waals surface area contributed by atoms with Gasteiger partial charge in [0.25, 0.3) is 11.8 Å². The summed E-state index contributed by atoms with van der Waals surface area (Å²) in [5.74, 6) is 1.12. The van der Waals surface area contributed by atoms with E-state index in [-0.39, 0.29) is 18.2 Å². The number of nitrogens with one attached hydrogen (secondary N) is 4. The third kappa shape index (κ3) is 4.23. The van der Waals surface area contributed by atoms with Crippen molar-refractivity contribution in [1.82, 2.24) is 35.7 Å². The Kier molecular flexibility index (Phi) is 5.69. The summed E-state index contributed by atoms with van der Waals surface area (Å²) in [4.78, 5) is 37.2. The maximum atomic E-state index is 13.3. The van der Waals surface area contributed by atoms with E-state index >= 15 is 0 Å². The number of benzene rings is 1. The Labute approximate surface area is 232 Å². The third-order valence-corrected chi connectivity index (χ3v) is 7.31. The van der Waals surface area contributed by atoms with Gasteiger partial charge in [0.1, 0.15) is 28.7 Å². The van der Waals surface area contributed by atoms with E-state index in [2.05, 4.69) is 36.1 Å². The zero-order valence-corrected chi connectivity index (χ0v) is 21.7. The van der Waals surface area contributed by atoms with Gasteiger partial charge in [0.15, 0.2) is 17.5 Å². The molecule has 4 aromatic heterocycles. The highest BCUT2D eigenvalue weighted by Crippen LogP contribution is 2.35. The van der Waals surface area contributed by atoms with E-state index in [9.17, 15) is 14.7 Å². The molecule has 206 valence electrons. The molecule has 1 saturated heterocycles. The number of carbonyl (C=O) groups is 2. The smallest absolute Gasteiger partial charge is 0.254 e. The van der Waals surface area contributed by atoms with Crippen LogP contribution in [-0.2, 0) is 16.9 Å². The van der Waals surface area contributed by atoms with Crippen LogP contribution in [-0.4, -0.2) is 62.0 Å². The molecule has 2 unspecified atom stereocenters. The van der Waals surface area contributed by atoms with Gasteiger partial charge in [-0.1, -0.05) is 6.07 Å². The van der Waals surface area contributed by atoms with Crippen LogP contribution in [0.4, 0.5) is 11.6 Å². The Morgan fingerprint density at radius 2 is 2.00 bits per heavy atom. The number of methoxy groups -OCH3 is 1. The lowest BCUT2D eigenvalue weighted by atomic mass is 9.95. The second-order valence-corrected chi connectivity index (χ2v) is 9.84. The standard InChI is InChI=1S/C28H24N8O5/c1-40-18-4-2-16-13-36(25(37)19(16)8-18)14-28(26(38)34-27(39)35-28)22-9-20-21(41-22)5-7-24(32-20)33-23-6-3-15(10-29-23)17-11-30-31-12-17/h2-12,27,35,39H,13-14H2,1H3,(H,30,31)(H,34,38)(H,29,32,33). The molecule has 0 spiro atoms. The molecule has 5 N–H and O–H groups in total. The lowest BCUT2D eigenvalue weighted by molar-refractivity contribution is -0.125. The minimum Gasteiger partial charge on any atom is -0.497 e. The van der Waals surface area contributed by atoms with E-state index in [0.717, 1.165) is 16.7 Å². The summed E-state index contributed by atoms with van der Waals surface area (Å²) in [6.07, 6.45) is 3.92. The number of aliphatic hydroxyl groups is 1. The molecule has 0 radical (unpaired) electrons. The van der Waals surface area contributed by atoms with Crippen molar-refractivity contribution in [3.8, 4) is 16.9 Å². The largest absolute Gasteiger partial charge is 0.497 e. The molecule has 2 atom stereocenters. The number of anilines is 2. The van der Waals surface area contributed by atoms with Gasteiger partial charge in [-0.15, -0.1) is 0 Å². The van der Waals surface area contributed by atoms with Crippen LogP contribution in [0.3, 0.4) is 0 Å². The second kappa shape index (κ2) is 9.43. The van der Waals surface area contributed by atoms with Gasteiger partial charge in [-0.25, -0.2) is 9.97 Å². The highest BCUT2D eigenvalue weighted by Gasteiger charge is 2.52. The number of aromatic amines is 1. The number of rotatable bonds is 7. The average molecular weight is 553 g/mol. The third-order valence-electron chi connectivity index (χ3n) is 7.31. The molecule has 2 aliphatic rings. The predicted octanol–water partition coefficient (Wildman–Crippen LogP) is 2.21. The minimum atomic E-state index is -1.54. The first-order valence-corrected chi connectivity index (χ1v) is 12.8. The van der Waals surface area contributed by atoms with Crippen molar-refractivity contribution < 1.29 is 23.8 Å². The Morgan fingerprint density at radius 3 is 2.73 bits per heavy atom. The molecule has 2 amide bonds. The van der Waals surface area contributed by atoms with Crippen LogP contribution in [0.25, 0.3) is 22.2 Å². The van der Waals surface area contributed by atoms with Crippen LogP contribution in [0.5, 0.6) is 5.75 Å². The number of carbonyl (C=O) groups excluding carboxylic acids is 2. The highest BCUT2D eigenvalue weighted by atomic mass is 16.5. The molecular weight excluding hydrogens is 528 g/mol. The van der Waals surface area contributed by atoms with Crippen molar-refractivity contribution in [2.45, 2.75) is 18.4 Å².